The maximum absolute atomic E-state index is 13.9. The van der Waals surface area contributed by atoms with E-state index in [1.165, 1.54) is 25.3 Å². The molecule has 3 unspecified atom stereocenters. The minimum absolute atomic E-state index is 0.0384. The lowest BCUT2D eigenvalue weighted by atomic mass is 9.95. The summed E-state index contributed by atoms with van der Waals surface area (Å²) in [6.07, 6.45) is 4.72. The third kappa shape index (κ3) is 2.13. The van der Waals surface area contributed by atoms with Crippen molar-refractivity contribution < 1.29 is 14.3 Å². The summed E-state index contributed by atoms with van der Waals surface area (Å²) in [4.78, 5) is 11.0. The van der Waals surface area contributed by atoms with Crippen LogP contribution in [0.15, 0.2) is 12.1 Å². The van der Waals surface area contributed by atoms with E-state index in [4.69, 9.17) is 10.8 Å². The molecule has 3 atom stereocenters. The third-order valence-electron chi connectivity index (χ3n) is 4.45. The summed E-state index contributed by atoms with van der Waals surface area (Å²) in [6, 6.07) is 2.65. The third-order valence-corrected chi connectivity index (χ3v) is 4.45. The average molecular weight is 264 g/mol. The fraction of sp³-hybridized carbons (Fsp3) is 0.500. The van der Waals surface area contributed by atoms with Gasteiger partial charge in [-0.1, -0.05) is 6.42 Å². The molecule has 3 rings (SSSR count). The fourth-order valence-corrected chi connectivity index (χ4v) is 3.51. The van der Waals surface area contributed by atoms with Crippen LogP contribution in [0.5, 0.6) is 0 Å². The smallest absolute Gasteiger partial charge is 0.337 e. The molecule has 0 saturated heterocycles. The van der Waals surface area contributed by atoms with Gasteiger partial charge in [0, 0.05) is 11.7 Å². The molecule has 5 heteroatoms. The molecule has 1 aromatic rings. The van der Waals surface area contributed by atoms with E-state index in [2.05, 4.69) is 5.32 Å². The Morgan fingerprint density at radius 1 is 1.37 bits per heavy atom. The molecule has 2 aliphatic carbocycles. The van der Waals surface area contributed by atoms with E-state index in [1.54, 1.807) is 0 Å². The van der Waals surface area contributed by atoms with Gasteiger partial charge < -0.3 is 16.2 Å². The molecule has 19 heavy (non-hydrogen) atoms. The Bertz CT molecular complexity index is 532. The van der Waals surface area contributed by atoms with Crippen LogP contribution in [-0.4, -0.2) is 17.1 Å². The van der Waals surface area contributed by atoms with Crippen LogP contribution in [-0.2, 0) is 0 Å². The number of nitrogens with two attached hydrogens (primary N) is 1. The van der Waals surface area contributed by atoms with Crippen LogP contribution in [0, 0.1) is 17.7 Å². The summed E-state index contributed by atoms with van der Waals surface area (Å²) in [5, 5.41) is 12.2. The van der Waals surface area contributed by atoms with E-state index >= 15 is 0 Å². The molecule has 2 aliphatic rings. The molecular formula is C14H17FN2O2. The number of nitrogens with one attached hydrogen (secondary N) is 1. The first-order chi connectivity index (χ1) is 9.04. The summed E-state index contributed by atoms with van der Waals surface area (Å²) < 4.78 is 13.9. The van der Waals surface area contributed by atoms with Gasteiger partial charge in [0.25, 0.3) is 0 Å². The van der Waals surface area contributed by atoms with Gasteiger partial charge in [0.1, 0.15) is 5.82 Å². The number of rotatable bonds is 3. The van der Waals surface area contributed by atoms with E-state index in [0.29, 0.717) is 5.92 Å². The standard InChI is InChI=1S/C14H17FN2O2/c15-10-6-11(16)9(14(18)19)5-13(10)17-12-4-7-1-2-8(12)3-7/h5-8,12,17H,1-4,16H2,(H,18,19). The van der Waals surface area contributed by atoms with Crippen LogP contribution in [0.2, 0.25) is 0 Å². The summed E-state index contributed by atoms with van der Waals surface area (Å²) in [6.45, 7) is 0. The van der Waals surface area contributed by atoms with Gasteiger partial charge in [-0.25, -0.2) is 9.18 Å². The highest BCUT2D eigenvalue weighted by Gasteiger charge is 2.39. The van der Waals surface area contributed by atoms with Gasteiger partial charge in [-0.05, 0) is 43.2 Å². The number of anilines is 2. The molecule has 0 heterocycles. The topological polar surface area (TPSA) is 75.3 Å². The molecule has 0 amide bonds. The quantitative estimate of drug-likeness (QED) is 0.734. The SMILES string of the molecule is Nc1cc(F)c(NC2CC3CCC2C3)cc1C(=O)O. The van der Waals surface area contributed by atoms with Crippen molar-refractivity contribution in [1.29, 1.82) is 0 Å². The molecule has 2 saturated carbocycles. The van der Waals surface area contributed by atoms with Crippen molar-refractivity contribution in [1.82, 2.24) is 0 Å². The zero-order chi connectivity index (χ0) is 13.6. The first-order valence-corrected chi connectivity index (χ1v) is 6.63. The monoisotopic (exact) mass is 264 g/mol. The summed E-state index contributed by atoms with van der Waals surface area (Å²) >= 11 is 0. The highest BCUT2D eigenvalue weighted by Crippen LogP contribution is 2.45. The van der Waals surface area contributed by atoms with Crippen LogP contribution in [0.1, 0.15) is 36.0 Å². The number of benzene rings is 1. The van der Waals surface area contributed by atoms with Crippen molar-refractivity contribution in [2.24, 2.45) is 11.8 Å². The van der Waals surface area contributed by atoms with Gasteiger partial charge in [0.05, 0.1) is 11.3 Å². The van der Waals surface area contributed by atoms with Gasteiger partial charge in [-0.2, -0.15) is 0 Å². The number of carboxylic acids is 1. The highest BCUT2D eigenvalue weighted by molar-refractivity contribution is 5.94. The fourth-order valence-electron chi connectivity index (χ4n) is 3.51. The predicted molar refractivity (Wildman–Crippen MR) is 70.6 cm³/mol. The second-order valence-corrected chi connectivity index (χ2v) is 5.65. The minimum Gasteiger partial charge on any atom is -0.478 e. The van der Waals surface area contributed by atoms with Crippen molar-refractivity contribution >= 4 is 17.3 Å². The van der Waals surface area contributed by atoms with E-state index in [-0.39, 0.29) is 23.0 Å². The largest absolute Gasteiger partial charge is 0.478 e. The van der Waals surface area contributed by atoms with Crippen LogP contribution >= 0.6 is 0 Å². The Hall–Kier alpha value is -1.78. The van der Waals surface area contributed by atoms with Crippen LogP contribution < -0.4 is 11.1 Å². The maximum Gasteiger partial charge on any atom is 0.337 e. The highest BCUT2D eigenvalue weighted by atomic mass is 19.1. The van der Waals surface area contributed by atoms with E-state index in [9.17, 15) is 9.18 Å². The van der Waals surface area contributed by atoms with Crippen LogP contribution in [0.3, 0.4) is 0 Å². The lowest BCUT2D eigenvalue weighted by molar-refractivity contribution is 0.0698. The second kappa shape index (κ2) is 4.40. The summed E-state index contributed by atoms with van der Waals surface area (Å²) in [7, 11) is 0. The molecule has 1 aromatic carbocycles. The Labute approximate surface area is 110 Å². The molecular weight excluding hydrogens is 247 g/mol. The Morgan fingerprint density at radius 2 is 2.16 bits per heavy atom. The molecule has 2 fully saturated rings. The molecule has 4 N–H and O–H groups in total. The Kier molecular flexibility index (Phi) is 2.84. The molecule has 0 aromatic heterocycles. The van der Waals surface area contributed by atoms with Gasteiger partial charge in [-0.15, -0.1) is 0 Å². The van der Waals surface area contributed by atoms with Gasteiger partial charge >= 0.3 is 5.97 Å². The number of nitrogen functional groups attached to an aromatic ring is 1. The summed E-state index contributed by atoms with van der Waals surface area (Å²) in [5.41, 5.74) is 5.68. The zero-order valence-corrected chi connectivity index (χ0v) is 10.5. The van der Waals surface area contributed by atoms with E-state index in [1.807, 2.05) is 0 Å². The van der Waals surface area contributed by atoms with Gasteiger partial charge in [-0.3, -0.25) is 0 Å². The first-order valence-electron chi connectivity index (χ1n) is 6.63. The van der Waals surface area contributed by atoms with Crippen molar-refractivity contribution in [2.45, 2.75) is 31.7 Å². The number of aromatic carboxylic acids is 1. The molecule has 0 aliphatic heterocycles. The number of halogens is 1. The number of carboxylic acid groups (broad SMARTS) is 1. The average Bonchev–Trinajstić information content (AvgIpc) is 2.94. The number of hydrogen-bond donors (Lipinski definition) is 3. The second-order valence-electron chi connectivity index (χ2n) is 5.65. The van der Waals surface area contributed by atoms with Crippen LogP contribution in [0.25, 0.3) is 0 Å². The molecule has 4 nitrogen and oxygen atoms in total. The maximum atomic E-state index is 13.9. The molecule has 2 bridgehead atoms. The lowest BCUT2D eigenvalue weighted by Gasteiger charge is -2.24. The van der Waals surface area contributed by atoms with Crippen molar-refractivity contribution in [3.63, 3.8) is 0 Å². The van der Waals surface area contributed by atoms with Crippen molar-refractivity contribution in [3.05, 3.63) is 23.5 Å². The molecule has 0 spiro atoms. The number of carbonyl (C=O) groups is 1. The van der Waals surface area contributed by atoms with Crippen molar-refractivity contribution in [3.8, 4) is 0 Å². The number of fused-ring (bicyclic) bond motifs is 2. The zero-order valence-electron chi connectivity index (χ0n) is 10.5. The summed E-state index contributed by atoms with van der Waals surface area (Å²) in [5.74, 6) is -0.271. The molecule has 102 valence electrons. The lowest BCUT2D eigenvalue weighted by Crippen LogP contribution is -2.26. The normalized spacial score (nSPS) is 28.6. The van der Waals surface area contributed by atoms with Gasteiger partial charge in [0.15, 0.2) is 0 Å². The Balaban J connectivity index is 1.84. The van der Waals surface area contributed by atoms with E-state index < -0.39 is 11.8 Å². The molecule has 0 radical (unpaired) electrons. The van der Waals surface area contributed by atoms with E-state index in [0.717, 1.165) is 18.4 Å². The van der Waals surface area contributed by atoms with Crippen molar-refractivity contribution in [2.75, 3.05) is 11.1 Å². The Morgan fingerprint density at radius 3 is 2.74 bits per heavy atom. The van der Waals surface area contributed by atoms with Gasteiger partial charge in [0.2, 0.25) is 0 Å². The predicted octanol–water partition coefficient (Wildman–Crippen LogP) is 2.71. The van der Waals surface area contributed by atoms with Crippen LogP contribution in [0.4, 0.5) is 15.8 Å². The number of hydrogen-bond acceptors (Lipinski definition) is 3. The first kappa shape index (κ1) is 12.3. The minimum atomic E-state index is -1.13.